The van der Waals surface area contributed by atoms with Gasteiger partial charge < -0.3 is 11.1 Å². The van der Waals surface area contributed by atoms with Gasteiger partial charge in [-0.15, -0.1) is 0 Å². The molecule has 3 nitrogen and oxygen atoms in total. The average molecular weight is 214 g/mol. The van der Waals surface area contributed by atoms with Crippen LogP contribution in [0.1, 0.15) is 48.0 Å². The topological polar surface area (TPSA) is 55.1 Å². The van der Waals surface area contributed by atoms with Crippen molar-refractivity contribution in [3.05, 3.63) is 0 Å². The first-order valence-electron chi connectivity index (χ1n) is 5.60. The molecule has 0 rings (SSSR count). The van der Waals surface area contributed by atoms with E-state index in [0.29, 0.717) is 13.0 Å². The van der Waals surface area contributed by atoms with Gasteiger partial charge in [0.15, 0.2) is 5.78 Å². The standard InChI is InChI=1S/C12H26N2O/c1-11(2,3)10(15)9(7-8-13)14-12(4,5)6/h9,14H,7-8,13H2,1-6H3/t9-/m1/s1. The third kappa shape index (κ3) is 5.90. The lowest BCUT2D eigenvalue weighted by atomic mass is 9.84. The van der Waals surface area contributed by atoms with E-state index in [1.807, 2.05) is 20.8 Å². The van der Waals surface area contributed by atoms with E-state index >= 15 is 0 Å². The summed E-state index contributed by atoms with van der Waals surface area (Å²) in [6.07, 6.45) is 0.702. The summed E-state index contributed by atoms with van der Waals surface area (Å²) >= 11 is 0. The Kier molecular flexibility index (Phi) is 4.94. The van der Waals surface area contributed by atoms with Crippen molar-refractivity contribution < 1.29 is 4.79 Å². The largest absolute Gasteiger partial charge is 0.330 e. The molecule has 0 saturated carbocycles. The molecule has 0 saturated heterocycles. The maximum absolute atomic E-state index is 12.1. The molecular weight excluding hydrogens is 188 g/mol. The van der Waals surface area contributed by atoms with Crippen LogP contribution >= 0.6 is 0 Å². The van der Waals surface area contributed by atoms with Gasteiger partial charge in [0.1, 0.15) is 0 Å². The number of Topliss-reactive ketones (excluding diaryl/α,β-unsaturated/α-hetero) is 1. The molecule has 0 bridgehead atoms. The van der Waals surface area contributed by atoms with Crippen LogP contribution in [0.4, 0.5) is 0 Å². The zero-order valence-electron chi connectivity index (χ0n) is 11.0. The Morgan fingerprint density at radius 1 is 1.20 bits per heavy atom. The Labute approximate surface area is 93.8 Å². The van der Waals surface area contributed by atoms with Crippen LogP contribution in [0.15, 0.2) is 0 Å². The lowest BCUT2D eigenvalue weighted by Crippen LogP contribution is -2.51. The van der Waals surface area contributed by atoms with E-state index < -0.39 is 0 Å². The normalized spacial score (nSPS) is 15.1. The van der Waals surface area contributed by atoms with E-state index in [2.05, 4.69) is 26.1 Å². The number of hydrogen-bond acceptors (Lipinski definition) is 3. The fourth-order valence-corrected chi connectivity index (χ4v) is 1.48. The second-order valence-electron chi connectivity index (χ2n) is 6.14. The van der Waals surface area contributed by atoms with Crippen LogP contribution in [0.5, 0.6) is 0 Å². The van der Waals surface area contributed by atoms with Gasteiger partial charge in [-0.3, -0.25) is 4.79 Å². The minimum Gasteiger partial charge on any atom is -0.330 e. The molecule has 0 aliphatic carbocycles. The van der Waals surface area contributed by atoms with Gasteiger partial charge in [-0.1, -0.05) is 20.8 Å². The summed E-state index contributed by atoms with van der Waals surface area (Å²) in [7, 11) is 0. The number of nitrogens with one attached hydrogen (secondary N) is 1. The van der Waals surface area contributed by atoms with Crippen LogP contribution in [0, 0.1) is 5.41 Å². The van der Waals surface area contributed by atoms with Gasteiger partial charge in [0.25, 0.3) is 0 Å². The number of ketones is 1. The maximum Gasteiger partial charge on any atom is 0.155 e. The molecule has 1 atom stereocenters. The first-order chi connectivity index (χ1) is 6.58. The van der Waals surface area contributed by atoms with Crippen molar-refractivity contribution in [2.24, 2.45) is 11.1 Å². The Balaban J connectivity index is 4.60. The number of rotatable bonds is 4. The summed E-state index contributed by atoms with van der Waals surface area (Å²) in [4.78, 5) is 12.1. The molecule has 90 valence electrons. The molecule has 0 fully saturated rings. The van der Waals surface area contributed by atoms with Gasteiger partial charge in [0, 0.05) is 11.0 Å². The molecule has 0 aliphatic heterocycles. The van der Waals surface area contributed by atoms with Gasteiger partial charge in [-0.25, -0.2) is 0 Å². The number of hydrogen-bond donors (Lipinski definition) is 2. The Hall–Kier alpha value is -0.410. The summed E-state index contributed by atoms with van der Waals surface area (Å²) < 4.78 is 0. The Bertz CT molecular complexity index is 211. The van der Waals surface area contributed by atoms with Gasteiger partial charge >= 0.3 is 0 Å². The van der Waals surface area contributed by atoms with Crippen LogP contribution in [-0.2, 0) is 4.79 Å². The minimum absolute atomic E-state index is 0.0548. The van der Waals surface area contributed by atoms with Gasteiger partial charge in [-0.2, -0.15) is 0 Å². The summed E-state index contributed by atoms with van der Waals surface area (Å²) in [6, 6.07) is -0.130. The first kappa shape index (κ1) is 14.6. The van der Waals surface area contributed by atoms with Crippen molar-refractivity contribution in [1.82, 2.24) is 5.32 Å². The third-order valence-corrected chi connectivity index (χ3v) is 2.12. The summed E-state index contributed by atoms with van der Waals surface area (Å²) in [6.45, 7) is 12.6. The number of carbonyl (C=O) groups is 1. The van der Waals surface area contributed by atoms with Crippen LogP contribution in [0.2, 0.25) is 0 Å². The molecule has 0 aromatic carbocycles. The zero-order chi connectivity index (χ0) is 12.3. The number of nitrogens with two attached hydrogens (primary N) is 1. The van der Waals surface area contributed by atoms with Crippen molar-refractivity contribution in [2.45, 2.75) is 59.5 Å². The molecule has 0 aromatic heterocycles. The average Bonchev–Trinajstić information content (AvgIpc) is 1.98. The van der Waals surface area contributed by atoms with Crippen LogP contribution < -0.4 is 11.1 Å². The molecule has 0 radical (unpaired) electrons. The molecule has 3 N–H and O–H groups in total. The second kappa shape index (κ2) is 5.08. The third-order valence-electron chi connectivity index (χ3n) is 2.12. The van der Waals surface area contributed by atoms with E-state index in [-0.39, 0.29) is 22.8 Å². The smallest absolute Gasteiger partial charge is 0.155 e. The molecule has 3 heteroatoms. The molecule has 0 aliphatic rings. The molecule has 0 heterocycles. The van der Waals surface area contributed by atoms with Crippen molar-refractivity contribution in [1.29, 1.82) is 0 Å². The van der Waals surface area contributed by atoms with Crippen molar-refractivity contribution in [3.63, 3.8) is 0 Å². The van der Waals surface area contributed by atoms with Crippen LogP contribution in [0.25, 0.3) is 0 Å². The summed E-state index contributed by atoms with van der Waals surface area (Å²) in [5.41, 5.74) is 5.17. The Morgan fingerprint density at radius 3 is 1.93 bits per heavy atom. The zero-order valence-corrected chi connectivity index (χ0v) is 11.0. The van der Waals surface area contributed by atoms with E-state index in [1.165, 1.54) is 0 Å². The SMILES string of the molecule is CC(C)(C)N[C@H](CCN)C(=O)C(C)(C)C. The van der Waals surface area contributed by atoms with Crippen molar-refractivity contribution >= 4 is 5.78 Å². The van der Waals surface area contributed by atoms with Crippen molar-refractivity contribution in [3.8, 4) is 0 Å². The monoisotopic (exact) mass is 214 g/mol. The molecule has 15 heavy (non-hydrogen) atoms. The van der Waals surface area contributed by atoms with Gasteiger partial charge in [0.2, 0.25) is 0 Å². The summed E-state index contributed by atoms with van der Waals surface area (Å²) in [5.74, 6) is 0.239. The van der Waals surface area contributed by atoms with Gasteiger partial charge in [-0.05, 0) is 33.7 Å². The predicted octanol–water partition coefficient (Wildman–Crippen LogP) is 1.71. The highest BCUT2D eigenvalue weighted by molar-refractivity contribution is 5.88. The number of carbonyl (C=O) groups excluding carboxylic acids is 1. The van der Waals surface area contributed by atoms with E-state index in [1.54, 1.807) is 0 Å². The molecule has 0 amide bonds. The predicted molar refractivity (Wildman–Crippen MR) is 64.8 cm³/mol. The highest BCUT2D eigenvalue weighted by Gasteiger charge is 2.31. The lowest BCUT2D eigenvalue weighted by Gasteiger charge is -2.31. The Morgan fingerprint density at radius 2 is 1.67 bits per heavy atom. The van der Waals surface area contributed by atoms with Crippen molar-refractivity contribution in [2.75, 3.05) is 6.54 Å². The summed E-state index contributed by atoms with van der Waals surface area (Å²) in [5, 5.41) is 3.33. The van der Waals surface area contributed by atoms with Crippen LogP contribution in [-0.4, -0.2) is 23.9 Å². The highest BCUT2D eigenvalue weighted by Crippen LogP contribution is 2.19. The van der Waals surface area contributed by atoms with Crippen LogP contribution in [0.3, 0.4) is 0 Å². The molecular formula is C12H26N2O. The van der Waals surface area contributed by atoms with E-state index in [9.17, 15) is 4.79 Å². The fourth-order valence-electron chi connectivity index (χ4n) is 1.48. The maximum atomic E-state index is 12.1. The van der Waals surface area contributed by atoms with Gasteiger partial charge in [0.05, 0.1) is 6.04 Å². The van der Waals surface area contributed by atoms with E-state index in [0.717, 1.165) is 0 Å². The quantitative estimate of drug-likeness (QED) is 0.749. The second-order valence-corrected chi connectivity index (χ2v) is 6.14. The molecule has 0 unspecified atom stereocenters. The fraction of sp³-hybridized carbons (Fsp3) is 0.917. The molecule has 0 spiro atoms. The minimum atomic E-state index is -0.307. The molecule has 0 aromatic rings. The highest BCUT2D eigenvalue weighted by atomic mass is 16.1. The van der Waals surface area contributed by atoms with E-state index in [4.69, 9.17) is 5.73 Å². The lowest BCUT2D eigenvalue weighted by molar-refractivity contribution is -0.129. The first-order valence-corrected chi connectivity index (χ1v) is 5.60.